The maximum absolute atomic E-state index is 13.3. The maximum Gasteiger partial charge on any atom is 0.129 e. The highest BCUT2D eigenvalue weighted by Crippen LogP contribution is 2.33. The Morgan fingerprint density at radius 1 is 1.50 bits per heavy atom. The number of fused-ring (bicyclic) bond motifs is 1. The molecule has 0 aromatic heterocycles. The summed E-state index contributed by atoms with van der Waals surface area (Å²) < 4.78 is 14.1. The summed E-state index contributed by atoms with van der Waals surface area (Å²) in [5.41, 5.74) is 7.50. The summed E-state index contributed by atoms with van der Waals surface area (Å²) in [5, 5.41) is 0. The Morgan fingerprint density at radius 3 is 3.00 bits per heavy atom. The quantitative estimate of drug-likeness (QED) is 0.728. The summed E-state index contributed by atoms with van der Waals surface area (Å²) in [6.45, 7) is 0. The number of benzene rings is 1. The molecule has 0 bridgehead atoms. The molecule has 0 aliphatic heterocycles. The van der Waals surface area contributed by atoms with Crippen LogP contribution >= 0.6 is 15.9 Å². The molecular formula is C9H9BrFN. The smallest absolute Gasteiger partial charge is 0.129 e. The zero-order chi connectivity index (χ0) is 8.72. The Bertz CT molecular complexity index is 325. The molecule has 0 fully saturated rings. The third-order valence-corrected chi connectivity index (χ3v) is 2.73. The van der Waals surface area contributed by atoms with Crippen LogP contribution in [0.2, 0.25) is 0 Å². The van der Waals surface area contributed by atoms with Gasteiger partial charge in [-0.25, -0.2) is 4.39 Å². The minimum absolute atomic E-state index is 0.104. The van der Waals surface area contributed by atoms with Gasteiger partial charge in [0.25, 0.3) is 0 Å². The standard InChI is InChI=1S/C9H9BrFN/c10-6-3-5-1-2-8(12)9(5)7(11)4-6/h3-4,8H,1-2,12H2/t8-/m0/s1. The lowest BCUT2D eigenvalue weighted by molar-refractivity contribution is 0.588. The van der Waals surface area contributed by atoms with E-state index in [0.717, 1.165) is 22.9 Å². The van der Waals surface area contributed by atoms with E-state index in [9.17, 15) is 4.39 Å². The van der Waals surface area contributed by atoms with Gasteiger partial charge in [-0.3, -0.25) is 0 Å². The van der Waals surface area contributed by atoms with E-state index in [0.29, 0.717) is 5.56 Å². The van der Waals surface area contributed by atoms with Crippen LogP contribution in [-0.4, -0.2) is 0 Å². The second-order valence-corrected chi connectivity index (χ2v) is 4.02. The molecule has 64 valence electrons. The zero-order valence-corrected chi connectivity index (χ0v) is 8.07. The number of hydrogen-bond donors (Lipinski definition) is 1. The van der Waals surface area contributed by atoms with Crippen LogP contribution in [0, 0.1) is 5.82 Å². The molecule has 1 aromatic rings. The molecule has 12 heavy (non-hydrogen) atoms. The van der Waals surface area contributed by atoms with Crippen molar-refractivity contribution in [2.45, 2.75) is 18.9 Å². The van der Waals surface area contributed by atoms with Gasteiger partial charge in [0.05, 0.1) is 0 Å². The fourth-order valence-corrected chi connectivity index (χ4v) is 2.19. The van der Waals surface area contributed by atoms with Crippen LogP contribution in [0.25, 0.3) is 0 Å². The van der Waals surface area contributed by atoms with Gasteiger partial charge < -0.3 is 5.73 Å². The molecule has 0 heterocycles. The second-order valence-electron chi connectivity index (χ2n) is 3.11. The molecule has 1 aromatic carbocycles. The lowest BCUT2D eigenvalue weighted by Crippen LogP contribution is -2.07. The number of hydrogen-bond acceptors (Lipinski definition) is 1. The first kappa shape index (κ1) is 8.20. The molecule has 2 rings (SSSR count). The Balaban J connectivity index is 2.60. The molecule has 1 aliphatic carbocycles. The minimum atomic E-state index is -0.177. The van der Waals surface area contributed by atoms with Gasteiger partial charge in [-0.1, -0.05) is 15.9 Å². The Morgan fingerprint density at radius 2 is 2.25 bits per heavy atom. The molecule has 3 heteroatoms. The Kier molecular flexibility index (Phi) is 1.93. The predicted molar refractivity (Wildman–Crippen MR) is 49.3 cm³/mol. The van der Waals surface area contributed by atoms with Gasteiger partial charge in [-0.05, 0) is 30.5 Å². The van der Waals surface area contributed by atoms with Crippen molar-refractivity contribution in [3.05, 3.63) is 33.5 Å². The first-order valence-corrected chi connectivity index (χ1v) is 4.71. The Labute approximate surface area is 78.9 Å². The molecule has 0 radical (unpaired) electrons. The number of halogens is 2. The highest BCUT2D eigenvalue weighted by molar-refractivity contribution is 9.10. The van der Waals surface area contributed by atoms with E-state index in [-0.39, 0.29) is 11.9 Å². The van der Waals surface area contributed by atoms with Crippen molar-refractivity contribution >= 4 is 15.9 Å². The van der Waals surface area contributed by atoms with E-state index in [4.69, 9.17) is 5.73 Å². The molecule has 1 atom stereocenters. The van der Waals surface area contributed by atoms with E-state index in [2.05, 4.69) is 15.9 Å². The third kappa shape index (κ3) is 1.17. The second kappa shape index (κ2) is 2.82. The zero-order valence-electron chi connectivity index (χ0n) is 6.48. The summed E-state index contributed by atoms with van der Waals surface area (Å²) in [4.78, 5) is 0. The van der Waals surface area contributed by atoms with Crippen molar-refractivity contribution in [3.63, 3.8) is 0 Å². The van der Waals surface area contributed by atoms with Crippen molar-refractivity contribution in [1.29, 1.82) is 0 Å². The first-order valence-electron chi connectivity index (χ1n) is 3.92. The van der Waals surface area contributed by atoms with E-state index in [1.54, 1.807) is 0 Å². The van der Waals surface area contributed by atoms with Gasteiger partial charge in [-0.2, -0.15) is 0 Å². The lowest BCUT2D eigenvalue weighted by atomic mass is 10.1. The van der Waals surface area contributed by atoms with E-state index in [1.807, 2.05) is 6.07 Å². The monoisotopic (exact) mass is 229 g/mol. The fraction of sp³-hybridized carbons (Fsp3) is 0.333. The largest absolute Gasteiger partial charge is 0.324 e. The van der Waals surface area contributed by atoms with Gasteiger partial charge in [0, 0.05) is 16.1 Å². The predicted octanol–water partition coefficient (Wildman–Crippen LogP) is 2.53. The van der Waals surface area contributed by atoms with Crippen molar-refractivity contribution < 1.29 is 4.39 Å². The molecule has 1 aliphatic rings. The highest BCUT2D eigenvalue weighted by atomic mass is 79.9. The van der Waals surface area contributed by atoms with Crippen LogP contribution in [0.15, 0.2) is 16.6 Å². The topological polar surface area (TPSA) is 26.0 Å². The molecule has 1 nitrogen and oxygen atoms in total. The summed E-state index contributed by atoms with van der Waals surface area (Å²) in [6, 6.07) is 3.32. The summed E-state index contributed by atoms with van der Waals surface area (Å²) >= 11 is 3.25. The van der Waals surface area contributed by atoms with Crippen LogP contribution in [0.5, 0.6) is 0 Å². The maximum atomic E-state index is 13.3. The SMILES string of the molecule is N[C@H]1CCc2cc(Br)cc(F)c21. The van der Waals surface area contributed by atoms with Gasteiger partial charge in [-0.15, -0.1) is 0 Å². The van der Waals surface area contributed by atoms with Crippen LogP contribution in [0.3, 0.4) is 0 Å². The van der Waals surface area contributed by atoms with E-state index < -0.39 is 0 Å². The molecule has 0 amide bonds. The molecule has 2 N–H and O–H groups in total. The molecule has 0 unspecified atom stereocenters. The van der Waals surface area contributed by atoms with E-state index in [1.165, 1.54) is 6.07 Å². The summed E-state index contributed by atoms with van der Waals surface area (Å²) in [7, 11) is 0. The number of rotatable bonds is 0. The van der Waals surface area contributed by atoms with Crippen LogP contribution in [0.4, 0.5) is 4.39 Å². The normalized spacial score (nSPS) is 21.1. The third-order valence-electron chi connectivity index (χ3n) is 2.28. The van der Waals surface area contributed by atoms with Crippen molar-refractivity contribution in [1.82, 2.24) is 0 Å². The van der Waals surface area contributed by atoms with Crippen LogP contribution < -0.4 is 5.73 Å². The lowest BCUT2D eigenvalue weighted by Gasteiger charge is -2.06. The van der Waals surface area contributed by atoms with Crippen molar-refractivity contribution in [2.75, 3.05) is 0 Å². The molecular weight excluding hydrogens is 221 g/mol. The van der Waals surface area contributed by atoms with Crippen molar-refractivity contribution in [3.8, 4) is 0 Å². The van der Waals surface area contributed by atoms with Gasteiger partial charge in [0.15, 0.2) is 0 Å². The van der Waals surface area contributed by atoms with Crippen LogP contribution in [-0.2, 0) is 6.42 Å². The van der Waals surface area contributed by atoms with E-state index >= 15 is 0 Å². The van der Waals surface area contributed by atoms with Gasteiger partial charge in [0.2, 0.25) is 0 Å². The highest BCUT2D eigenvalue weighted by Gasteiger charge is 2.22. The first-order chi connectivity index (χ1) is 5.68. The minimum Gasteiger partial charge on any atom is -0.324 e. The molecule has 0 saturated carbocycles. The fourth-order valence-electron chi connectivity index (χ4n) is 1.72. The molecule has 0 spiro atoms. The Hall–Kier alpha value is -0.410. The van der Waals surface area contributed by atoms with Gasteiger partial charge >= 0.3 is 0 Å². The van der Waals surface area contributed by atoms with Gasteiger partial charge in [0.1, 0.15) is 5.82 Å². The average Bonchev–Trinajstić information content (AvgIpc) is 2.31. The number of aryl methyl sites for hydroxylation is 1. The van der Waals surface area contributed by atoms with Crippen molar-refractivity contribution in [2.24, 2.45) is 5.73 Å². The number of nitrogens with two attached hydrogens (primary N) is 1. The van der Waals surface area contributed by atoms with Crippen LogP contribution in [0.1, 0.15) is 23.6 Å². The average molecular weight is 230 g/mol. The molecule has 0 saturated heterocycles. The summed E-state index contributed by atoms with van der Waals surface area (Å²) in [6.07, 6.45) is 1.76. The summed E-state index contributed by atoms with van der Waals surface area (Å²) in [5.74, 6) is -0.177.